The molecule has 0 fully saturated rings. The van der Waals surface area contributed by atoms with Crippen molar-refractivity contribution in [2.45, 2.75) is 13.3 Å². The molecule has 84 valence electrons. The summed E-state index contributed by atoms with van der Waals surface area (Å²) in [6.07, 6.45) is 0.975. The third-order valence-corrected chi connectivity index (χ3v) is 2.30. The average Bonchev–Trinajstić information content (AvgIpc) is 2.29. The normalized spacial score (nSPS) is 10.1. The van der Waals surface area contributed by atoms with E-state index in [-0.39, 0.29) is 0 Å². The van der Waals surface area contributed by atoms with Gasteiger partial charge in [0.05, 0.1) is 13.7 Å². The fraction of sp³-hybridized carbons (Fsp3) is 0.500. The maximum Gasteiger partial charge on any atom is 0.122 e. The van der Waals surface area contributed by atoms with Crippen LogP contribution in [-0.2, 0) is 11.2 Å². The molecular formula is C12H19NO2. The van der Waals surface area contributed by atoms with Crippen molar-refractivity contribution < 1.29 is 9.47 Å². The van der Waals surface area contributed by atoms with E-state index in [9.17, 15) is 0 Å². The molecule has 0 spiro atoms. The van der Waals surface area contributed by atoms with Crippen LogP contribution in [0.5, 0.6) is 5.75 Å². The Kier molecular flexibility index (Phi) is 4.98. The fourth-order valence-corrected chi connectivity index (χ4v) is 1.46. The first-order valence-electron chi connectivity index (χ1n) is 5.21. The Morgan fingerprint density at radius 3 is 2.67 bits per heavy atom. The zero-order valence-corrected chi connectivity index (χ0v) is 9.67. The zero-order valence-electron chi connectivity index (χ0n) is 9.67. The highest BCUT2D eigenvalue weighted by Gasteiger charge is 2.01. The summed E-state index contributed by atoms with van der Waals surface area (Å²) < 4.78 is 10.2. The van der Waals surface area contributed by atoms with E-state index in [0.717, 1.165) is 24.4 Å². The zero-order chi connectivity index (χ0) is 11.1. The number of methoxy groups -OCH3 is 2. The average molecular weight is 209 g/mol. The third kappa shape index (κ3) is 3.44. The molecule has 0 aliphatic heterocycles. The van der Waals surface area contributed by atoms with Gasteiger partial charge in [-0.2, -0.15) is 0 Å². The molecule has 0 atom stereocenters. The second-order valence-corrected chi connectivity index (χ2v) is 3.30. The van der Waals surface area contributed by atoms with Crippen molar-refractivity contribution >= 4 is 5.69 Å². The molecule has 1 N–H and O–H groups in total. The maximum absolute atomic E-state index is 5.26. The molecule has 0 amide bonds. The van der Waals surface area contributed by atoms with Gasteiger partial charge in [0, 0.05) is 19.3 Å². The lowest BCUT2D eigenvalue weighted by atomic mass is 10.1. The molecule has 0 bridgehead atoms. The summed E-state index contributed by atoms with van der Waals surface area (Å²) in [7, 11) is 3.40. The van der Waals surface area contributed by atoms with Crippen LogP contribution in [0.25, 0.3) is 0 Å². The molecule has 3 heteroatoms. The van der Waals surface area contributed by atoms with Crippen molar-refractivity contribution in [3.8, 4) is 5.75 Å². The Bertz CT molecular complexity index is 300. The van der Waals surface area contributed by atoms with Gasteiger partial charge >= 0.3 is 0 Å². The number of hydrogen-bond donors (Lipinski definition) is 1. The number of ether oxygens (including phenoxy) is 2. The maximum atomic E-state index is 5.26. The summed E-state index contributed by atoms with van der Waals surface area (Å²) in [6, 6.07) is 6.14. The van der Waals surface area contributed by atoms with Crippen molar-refractivity contribution in [3.05, 3.63) is 23.8 Å². The van der Waals surface area contributed by atoms with Crippen LogP contribution in [0.2, 0.25) is 0 Å². The largest absolute Gasteiger partial charge is 0.496 e. The van der Waals surface area contributed by atoms with Crippen molar-refractivity contribution in [1.82, 2.24) is 0 Å². The Labute approximate surface area is 91.4 Å². The molecule has 1 aromatic carbocycles. The third-order valence-electron chi connectivity index (χ3n) is 2.30. The number of nitrogens with one attached hydrogen (secondary N) is 1. The van der Waals surface area contributed by atoms with E-state index >= 15 is 0 Å². The minimum absolute atomic E-state index is 0.716. The van der Waals surface area contributed by atoms with Gasteiger partial charge in [-0.3, -0.25) is 0 Å². The first-order chi connectivity index (χ1) is 7.31. The van der Waals surface area contributed by atoms with E-state index < -0.39 is 0 Å². The van der Waals surface area contributed by atoms with Crippen molar-refractivity contribution in [2.75, 3.05) is 32.7 Å². The van der Waals surface area contributed by atoms with Gasteiger partial charge in [-0.1, -0.05) is 6.92 Å². The summed E-state index contributed by atoms with van der Waals surface area (Å²) in [4.78, 5) is 0. The van der Waals surface area contributed by atoms with Crippen LogP contribution in [-0.4, -0.2) is 27.4 Å². The molecule has 0 radical (unpaired) electrons. The topological polar surface area (TPSA) is 30.5 Å². The highest BCUT2D eigenvalue weighted by atomic mass is 16.5. The standard InChI is InChI=1S/C12H19NO2/c1-4-10-9-11(13-7-8-14-2)5-6-12(10)15-3/h5-6,9,13H,4,7-8H2,1-3H3. The summed E-state index contributed by atoms with van der Waals surface area (Å²) in [5.41, 5.74) is 2.34. The first kappa shape index (κ1) is 11.9. The van der Waals surface area contributed by atoms with Crippen LogP contribution in [0.1, 0.15) is 12.5 Å². The monoisotopic (exact) mass is 209 g/mol. The van der Waals surface area contributed by atoms with E-state index in [4.69, 9.17) is 9.47 Å². The van der Waals surface area contributed by atoms with E-state index in [2.05, 4.69) is 18.3 Å². The van der Waals surface area contributed by atoms with Crippen LogP contribution in [0, 0.1) is 0 Å². The van der Waals surface area contributed by atoms with Crippen molar-refractivity contribution in [3.63, 3.8) is 0 Å². The van der Waals surface area contributed by atoms with Gasteiger partial charge in [-0.25, -0.2) is 0 Å². The van der Waals surface area contributed by atoms with Crippen LogP contribution in [0.4, 0.5) is 5.69 Å². The molecule has 1 aromatic rings. The number of benzene rings is 1. The molecule has 0 heterocycles. The van der Waals surface area contributed by atoms with E-state index in [1.807, 2.05) is 12.1 Å². The number of anilines is 1. The Hall–Kier alpha value is -1.22. The van der Waals surface area contributed by atoms with Crippen molar-refractivity contribution in [1.29, 1.82) is 0 Å². The SMILES string of the molecule is CCc1cc(NCCOC)ccc1OC. The smallest absolute Gasteiger partial charge is 0.122 e. The molecule has 0 unspecified atom stereocenters. The molecule has 0 saturated heterocycles. The predicted octanol–water partition coefficient (Wildman–Crippen LogP) is 2.32. The Balaban J connectivity index is 2.66. The number of hydrogen-bond acceptors (Lipinski definition) is 3. The van der Waals surface area contributed by atoms with E-state index in [0.29, 0.717) is 6.61 Å². The molecule has 0 saturated carbocycles. The molecule has 0 aliphatic carbocycles. The molecule has 1 rings (SSSR count). The van der Waals surface area contributed by atoms with Crippen LogP contribution in [0.15, 0.2) is 18.2 Å². The summed E-state index contributed by atoms with van der Waals surface area (Å²) in [6.45, 7) is 3.66. The van der Waals surface area contributed by atoms with Crippen LogP contribution in [0.3, 0.4) is 0 Å². The van der Waals surface area contributed by atoms with E-state index in [1.54, 1.807) is 14.2 Å². The van der Waals surface area contributed by atoms with Gasteiger partial charge in [0.1, 0.15) is 5.75 Å². The Morgan fingerprint density at radius 1 is 1.27 bits per heavy atom. The minimum Gasteiger partial charge on any atom is -0.496 e. The van der Waals surface area contributed by atoms with Gasteiger partial charge < -0.3 is 14.8 Å². The van der Waals surface area contributed by atoms with Gasteiger partial charge in [0.25, 0.3) is 0 Å². The number of aryl methyl sites for hydroxylation is 1. The second-order valence-electron chi connectivity index (χ2n) is 3.30. The lowest BCUT2D eigenvalue weighted by Gasteiger charge is -2.10. The first-order valence-corrected chi connectivity index (χ1v) is 5.21. The van der Waals surface area contributed by atoms with Crippen LogP contribution < -0.4 is 10.1 Å². The second kappa shape index (κ2) is 6.30. The van der Waals surface area contributed by atoms with Crippen LogP contribution >= 0.6 is 0 Å². The molecular weight excluding hydrogens is 190 g/mol. The minimum atomic E-state index is 0.716. The van der Waals surface area contributed by atoms with Gasteiger partial charge in [0.15, 0.2) is 0 Å². The van der Waals surface area contributed by atoms with E-state index in [1.165, 1.54) is 5.56 Å². The predicted molar refractivity (Wildman–Crippen MR) is 62.7 cm³/mol. The van der Waals surface area contributed by atoms with Gasteiger partial charge in [0.2, 0.25) is 0 Å². The summed E-state index contributed by atoms with van der Waals surface area (Å²) in [5.74, 6) is 0.954. The van der Waals surface area contributed by atoms with Gasteiger partial charge in [-0.15, -0.1) is 0 Å². The summed E-state index contributed by atoms with van der Waals surface area (Å²) in [5, 5.41) is 3.29. The van der Waals surface area contributed by atoms with Crippen molar-refractivity contribution in [2.24, 2.45) is 0 Å². The quantitative estimate of drug-likeness (QED) is 0.729. The van der Waals surface area contributed by atoms with Gasteiger partial charge in [-0.05, 0) is 30.2 Å². The Morgan fingerprint density at radius 2 is 2.07 bits per heavy atom. The molecule has 0 aliphatic rings. The summed E-state index contributed by atoms with van der Waals surface area (Å²) >= 11 is 0. The highest BCUT2D eigenvalue weighted by molar-refractivity contribution is 5.51. The highest BCUT2D eigenvalue weighted by Crippen LogP contribution is 2.22. The lowest BCUT2D eigenvalue weighted by molar-refractivity contribution is 0.211. The molecule has 0 aromatic heterocycles. The molecule has 15 heavy (non-hydrogen) atoms. The number of rotatable bonds is 6. The lowest BCUT2D eigenvalue weighted by Crippen LogP contribution is -2.07. The molecule has 3 nitrogen and oxygen atoms in total. The fourth-order valence-electron chi connectivity index (χ4n) is 1.46.